The lowest BCUT2D eigenvalue weighted by atomic mass is 9.94. The zero-order chi connectivity index (χ0) is 47.9. The molecule has 0 radical (unpaired) electrons. The van der Waals surface area contributed by atoms with Crippen LogP contribution in [0, 0.1) is 29.6 Å². The van der Waals surface area contributed by atoms with Gasteiger partial charge in [-0.05, 0) is 42.4 Å². The Balaban J connectivity index is 5.34. The first-order valence-corrected chi connectivity index (χ1v) is 21.1. The van der Waals surface area contributed by atoms with E-state index in [1.165, 1.54) is 0 Å². The number of amides is 9. The van der Waals surface area contributed by atoms with Gasteiger partial charge in [-0.25, -0.2) is 0 Å². The van der Waals surface area contributed by atoms with E-state index in [4.69, 9.17) is 10.8 Å². The Morgan fingerprint density at radius 2 is 0.903 bits per heavy atom. The number of carbonyl (C=O) groups excluding carboxylic acids is 9. The van der Waals surface area contributed by atoms with Crippen molar-refractivity contribution in [3.8, 4) is 0 Å². The van der Waals surface area contributed by atoms with Crippen LogP contribution in [-0.4, -0.2) is 138 Å². The van der Waals surface area contributed by atoms with E-state index in [9.17, 15) is 53.1 Å². The second-order valence-electron chi connectivity index (χ2n) is 16.6. The molecule has 0 heterocycles. The van der Waals surface area contributed by atoms with Crippen molar-refractivity contribution in [2.24, 2.45) is 35.3 Å². The molecule has 9 amide bonds. The summed E-state index contributed by atoms with van der Waals surface area (Å²) in [5, 5.41) is 40.4. The number of carboxylic acid groups (broad SMARTS) is 1. The van der Waals surface area contributed by atoms with Gasteiger partial charge in [-0.1, -0.05) is 82.1 Å². The van der Waals surface area contributed by atoms with E-state index in [2.05, 4.69) is 47.9 Å². The molecule has 8 atom stereocenters. The highest BCUT2D eigenvalue weighted by Crippen LogP contribution is 2.13. The topological polar surface area (TPSA) is 345 Å². The molecule has 13 N–H and O–H groups in total. The molecule has 22 heteroatoms. The van der Waals surface area contributed by atoms with Gasteiger partial charge in [0.15, 0.2) is 0 Å². The van der Waals surface area contributed by atoms with Crippen LogP contribution < -0.4 is 53.6 Å². The number of aliphatic hydroxyl groups excluding tert-OH is 1. The highest BCUT2D eigenvalue weighted by molar-refractivity contribution is 5.96. The summed E-state index contributed by atoms with van der Waals surface area (Å²) < 4.78 is 0. The predicted molar refractivity (Wildman–Crippen MR) is 227 cm³/mol. The summed E-state index contributed by atoms with van der Waals surface area (Å²) in [6.45, 7) is 14.5. The third-order valence-electron chi connectivity index (χ3n) is 9.84. The van der Waals surface area contributed by atoms with Gasteiger partial charge >= 0.3 is 5.97 Å². The highest BCUT2D eigenvalue weighted by atomic mass is 16.4. The first kappa shape index (κ1) is 56.6. The number of nitrogens with one attached hydrogen (secondary N) is 9. The van der Waals surface area contributed by atoms with Crippen molar-refractivity contribution in [2.45, 2.75) is 131 Å². The first-order valence-electron chi connectivity index (χ1n) is 21.1. The molecule has 0 aromatic carbocycles. The maximum absolute atomic E-state index is 13.4. The summed E-state index contributed by atoms with van der Waals surface area (Å²) in [6.07, 6.45) is 1.47. The van der Waals surface area contributed by atoms with Crippen LogP contribution in [0.5, 0.6) is 0 Å². The number of aliphatic hydroxyl groups is 1. The van der Waals surface area contributed by atoms with E-state index in [1.54, 1.807) is 48.5 Å². The molecule has 0 spiro atoms. The average Bonchev–Trinajstić information content (AvgIpc) is 3.20. The van der Waals surface area contributed by atoms with Gasteiger partial charge in [0, 0.05) is 0 Å². The van der Waals surface area contributed by atoms with Gasteiger partial charge in [-0.3, -0.25) is 47.9 Å². The van der Waals surface area contributed by atoms with E-state index < -0.39 is 134 Å². The van der Waals surface area contributed by atoms with Gasteiger partial charge in [0.25, 0.3) is 0 Å². The number of aliphatic carboxylic acids is 1. The van der Waals surface area contributed by atoms with Crippen LogP contribution in [-0.2, 0) is 47.9 Å². The molecule has 0 fully saturated rings. The average molecular weight is 885 g/mol. The van der Waals surface area contributed by atoms with E-state index in [0.29, 0.717) is 12.8 Å². The molecule has 0 aromatic heterocycles. The second-order valence-corrected chi connectivity index (χ2v) is 16.6. The van der Waals surface area contributed by atoms with Crippen LogP contribution in [0.25, 0.3) is 0 Å². The molecule has 62 heavy (non-hydrogen) atoms. The molecule has 0 rings (SSSR count). The quantitative estimate of drug-likeness (QED) is 0.0360. The number of hydrogen-bond acceptors (Lipinski definition) is 12. The lowest BCUT2D eigenvalue weighted by Crippen LogP contribution is -2.59. The zero-order valence-corrected chi connectivity index (χ0v) is 37.8. The number of carbonyl (C=O) groups is 10. The van der Waals surface area contributed by atoms with Crippen molar-refractivity contribution in [2.75, 3.05) is 32.8 Å². The fourth-order valence-electron chi connectivity index (χ4n) is 5.70. The summed E-state index contributed by atoms with van der Waals surface area (Å²) in [6, 6.07) is -6.71. The first-order chi connectivity index (χ1) is 28.9. The summed E-state index contributed by atoms with van der Waals surface area (Å²) in [5.41, 5.74) is 6.08. The zero-order valence-electron chi connectivity index (χ0n) is 37.8. The van der Waals surface area contributed by atoms with Crippen LogP contribution in [0.3, 0.4) is 0 Å². The predicted octanol–water partition coefficient (Wildman–Crippen LogP) is -2.88. The number of hydrogen-bond donors (Lipinski definition) is 12. The van der Waals surface area contributed by atoms with Gasteiger partial charge in [0.1, 0.15) is 36.8 Å². The Morgan fingerprint density at radius 1 is 0.468 bits per heavy atom. The van der Waals surface area contributed by atoms with Gasteiger partial charge in [0.05, 0.1) is 32.3 Å². The van der Waals surface area contributed by atoms with E-state index >= 15 is 0 Å². The maximum atomic E-state index is 13.4. The molecule has 0 saturated heterocycles. The molecular formula is C40H72N10O12. The SMILES string of the molecule is CC[C@H](C)[C@H](N)C(=O)N[C@H](C(=O)N[C@H](C(=O)NCC(=O)N[C@@H](CC(C)C)C(=O)NCC(=O)NCC(=O)N[C@@H](CO)C(=O)N[C@@H](CC(C)C)C(=O)NCC(=O)O)C(C)C)[C@@H](C)CC. The minimum Gasteiger partial charge on any atom is -0.480 e. The summed E-state index contributed by atoms with van der Waals surface area (Å²) in [5.74, 6) is -9.00. The molecule has 22 nitrogen and oxygen atoms in total. The second kappa shape index (κ2) is 29.0. The Bertz CT molecular complexity index is 1540. The van der Waals surface area contributed by atoms with Crippen molar-refractivity contribution in [3.63, 3.8) is 0 Å². The molecular weight excluding hydrogens is 812 g/mol. The molecule has 0 unspecified atom stereocenters. The highest BCUT2D eigenvalue weighted by Gasteiger charge is 2.34. The number of rotatable bonds is 29. The monoisotopic (exact) mass is 885 g/mol. The Morgan fingerprint density at radius 3 is 1.37 bits per heavy atom. The Labute approximate surface area is 363 Å². The number of nitrogens with two attached hydrogens (primary N) is 1. The van der Waals surface area contributed by atoms with E-state index in [-0.39, 0.29) is 36.5 Å². The fourth-order valence-corrected chi connectivity index (χ4v) is 5.70. The lowest BCUT2D eigenvalue weighted by Gasteiger charge is -2.29. The largest absolute Gasteiger partial charge is 0.480 e. The summed E-state index contributed by atoms with van der Waals surface area (Å²) in [4.78, 5) is 127. The van der Waals surface area contributed by atoms with Crippen molar-refractivity contribution in [1.82, 2.24) is 47.9 Å². The van der Waals surface area contributed by atoms with Crippen LogP contribution in [0.4, 0.5) is 0 Å². The molecule has 354 valence electrons. The Hall–Kier alpha value is -5.38. The normalized spacial score (nSPS) is 15.0. The number of carboxylic acids is 1. The molecule has 0 aliphatic carbocycles. The standard InChI is InChI=1S/C40H72N10O12/c1-11-23(9)32(41)38(60)50-34(24(10)12-2)40(62)49-33(22(7)8)39(61)44-17-30(54)46-25(13-20(3)4)35(57)43-15-28(52)42-16-29(53)47-27(19-51)37(59)48-26(14-21(5)6)36(58)45-18-31(55)56/h20-27,32-34,51H,11-19,41H2,1-10H3,(H,42,52)(H,43,57)(H,44,61)(H,45,58)(H,46,54)(H,47,53)(H,48,59)(H,49,62)(H,50,60)(H,55,56)/t23-,24-,25-,26-,27-,32-,33-,34-/m0/s1. The molecule has 0 saturated carbocycles. The third-order valence-corrected chi connectivity index (χ3v) is 9.84. The molecule has 0 bridgehead atoms. The van der Waals surface area contributed by atoms with Gasteiger partial charge in [-0.15, -0.1) is 0 Å². The smallest absolute Gasteiger partial charge is 0.322 e. The van der Waals surface area contributed by atoms with Crippen LogP contribution in [0.2, 0.25) is 0 Å². The van der Waals surface area contributed by atoms with Crippen molar-refractivity contribution >= 4 is 59.1 Å². The maximum Gasteiger partial charge on any atom is 0.322 e. The molecule has 0 aromatic rings. The Kier molecular flexibility index (Phi) is 26.5. The van der Waals surface area contributed by atoms with Crippen molar-refractivity contribution < 1.29 is 58.2 Å². The van der Waals surface area contributed by atoms with Gasteiger partial charge in [-0.2, -0.15) is 0 Å². The van der Waals surface area contributed by atoms with Crippen LogP contribution in [0.1, 0.15) is 94.9 Å². The van der Waals surface area contributed by atoms with E-state index in [1.807, 2.05) is 20.8 Å². The van der Waals surface area contributed by atoms with Crippen molar-refractivity contribution in [1.29, 1.82) is 0 Å². The summed E-state index contributed by atoms with van der Waals surface area (Å²) in [7, 11) is 0. The van der Waals surface area contributed by atoms with Crippen LogP contribution >= 0.6 is 0 Å². The van der Waals surface area contributed by atoms with E-state index in [0.717, 1.165) is 0 Å². The fraction of sp³-hybridized carbons (Fsp3) is 0.750. The van der Waals surface area contributed by atoms with Gasteiger partial charge in [0.2, 0.25) is 53.2 Å². The minimum atomic E-state index is -1.53. The minimum absolute atomic E-state index is 0.0967. The van der Waals surface area contributed by atoms with Crippen molar-refractivity contribution in [3.05, 3.63) is 0 Å². The van der Waals surface area contributed by atoms with Crippen LogP contribution in [0.15, 0.2) is 0 Å². The van der Waals surface area contributed by atoms with Gasteiger partial charge < -0.3 is 63.8 Å². The third kappa shape index (κ3) is 21.9. The summed E-state index contributed by atoms with van der Waals surface area (Å²) >= 11 is 0. The molecule has 0 aliphatic rings. The molecule has 0 aliphatic heterocycles. The lowest BCUT2D eigenvalue weighted by molar-refractivity contribution is -0.138.